The highest BCUT2D eigenvalue weighted by atomic mass is 127. The lowest BCUT2D eigenvalue weighted by atomic mass is 10.7. The lowest BCUT2D eigenvalue weighted by Crippen LogP contribution is -2.36. The third-order valence-electron chi connectivity index (χ3n) is 1.04. The molecular formula is C3Cl5IN4. The monoisotopic (exact) mass is 394 g/mol. The molecule has 0 aliphatic carbocycles. The Bertz CT molecular complexity index is 305. The van der Waals surface area contributed by atoms with Gasteiger partial charge in [0.05, 0.1) is 0 Å². The van der Waals surface area contributed by atoms with Crippen molar-refractivity contribution < 1.29 is 0 Å². The molecule has 0 spiro atoms. The fourth-order valence-electron chi connectivity index (χ4n) is 0.468. The van der Waals surface area contributed by atoms with Crippen LogP contribution in [0.2, 0.25) is 0 Å². The van der Waals surface area contributed by atoms with E-state index in [1.165, 1.54) is 0 Å². The van der Waals surface area contributed by atoms with Gasteiger partial charge in [-0.15, -0.1) is 5.10 Å². The van der Waals surface area contributed by atoms with Crippen molar-refractivity contribution in [1.29, 1.82) is 0 Å². The molecule has 1 rings (SSSR count). The quantitative estimate of drug-likeness (QED) is 0.542. The van der Waals surface area contributed by atoms with Crippen LogP contribution in [0.5, 0.6) is 0 Å². The van der Waals surface area contributed by atoms with Crippen LogP contribution in [0.4, 0.5) is 0 Å². The summed E-state index contributed by atoms with van der Waals surface area (Å²) in [5.74, 6) is 0. The summed E-state index contributed by atoms with van der Waals surface area (Å²) in [6.07, 6.45) is 0. The third-order valence-corrected chi connectivity index (χ3v) is 4.00. The highest BCUT2D eigenvalue weighted by molar-refractivity contribution is 14.1. The van der Waals surface area contributed by atoms with E-state index >= 15 is 0 Å². The normalized spacial score (nSPS) is 13.4. The number of nitrogens with zero attached hydrogens (tertiary/aromatic N) is 4. The Morgan fingerprint density at radius 3 is 2.00 bits per heavy atom. The summed E-state index contributed by atoms with van der Waals surface area (Å²) in [4.78, 5) is 0. The van der Waals surface area contributed by atoms with Gasteiger partial charge in [-0.1, -0.05) is 58.0 Å². The van der Waals surface area contributed by atoms with Crippen LogP contribution in [-0.4, -0.2) is 24.0 Å². The summed E-state index contributed by atoms with van der Waals surface area (Å²) in [5.41, 5.74) is 0. The zero-order valence-electron chi connectivity index (χ0n) is 5.56. The van der Waals surface area contributed by atoms with Gasteiger partial charge in [-0.25, -0.2) is 0 Å². The van der Waals surface area contributed by atoms with Gasteiger partial charge in [-0.05, 0) is 10.4 Å². The Morgan fingerprint density at radius 2 is 1.69 bits per heavy atom. The van der Waals surface area contributed by atoms with E-state index in [-0.39, 0.29) is 0 Å². The molecule has 0 radical (unpaired) electrons. The van der Waals surface area contributed by atoms with Crippen LogP contribution < -0.4 is 0 Å². The number of rotatable bonds is 1. The summed E-state index contributed by atoms with van der Waals surface area (Å²) >= 11 is 29.9. The van der Waals surface area contributed by atoms with Crippen LogP contribution in [0.1, 0.15) is 0 Å². The number of tetrazole rings is 1. The summed E-state index contributed by atoms with van der Waals surface area (Å²) < 4.78 is -2.44. The largest absolute Gasteiger partial charge is 0.260 e. The number of alkyl halides is 5. The average Bonchev–Trinajstić information content (AvgIpc) is 2.32. The van der Waals surface area contributed by atoms with E-state index in [4.69, 9.17) is 58.0 Å². The van der Waals surface area contributed by atoms with E-state index in [2.05, 4.69) is 15.5 Å². The summed E-state index contributed by atoms with van der Waals surface area (Å²) in [6, 6.07) is 0. The zero-order chi connectivity index (χ0) is 10.3. The van der Waals surface area contributed by atoms with Gasteiger partial charge in [0, 0.05) is 22.6 Å². The molecular weight excluding hydrogens is 396 g/mol. The highest BCUT2D eigenvalue weighted by Gasteiger charge is 2.50. The van der Waals surface area contributed by atoms with Gasteiger partial charge in [-0.3, -0.25) is 0 Å². The van der Waals surface area contributed by atoms with Gasteiger partial charge < -0.3 is 0 Å². The Balaban J connectivity index is 3.15. The molecule has 10 heteroatoms. The first kappa shape index (κ1) is 12.3. The van der Waals surface area contributed by atoms with Crippen LogP contribution in [0.15, 0.2) is 0 Å². The molecule has 0 atom stereocenters. The van der Waals surface area contributed by atoms with Crippen molar-refractivity contribution in [2.24, 2.45) is 0 Å². The molecule has 0 saturated heterocycles. The predicted octanol–water partition coefficient (Wildman–Crippen LogP) is 2.74. The highest BCUT2D eigenvalue weighted by Crippen LogP contribution is 2.49. The minimum Gasteiger partial charge on any atom is -0.180 e. The van der Waals surface area contributed by atoms with E-state index in [9.17, 15) is 0 Å². The van der Waals surface area contributed by atoms with Gasteiger partial charge in [0.15, 0.2) is 0 Å². The summed E-state index contributed by atoms with van der Waals surface area (Å²) in [5, 5.41) is 10.3. The minimum atomic E-state index is -1.93. The first-order valence-corrected chi connectivity index (χ1v) is 5.62. The van der Waals surface area contributed by atoms with Crippen molar-refractivity contribution >= 4 is 80.6 Å². The second-order valence-electron chi connectivity index (χ2n) is 1.90. The molecule has 0 amide bonds. The van der Waals surface area contributed by atoms with E-state index in [0.29, 0.717) is 3.83 Å². The van der Waals surface area contributed by atoms with Crippen molar-refractivity contribution in [1.82, 2.24) is 20.2 Å². The maximum atomic E-state index is 5.77. The fourth-order valence-corrected chi connectivity index (χ4v) is 1.78. The van der Waals surface area contributed by atoms with Crippen molar-refractivity contribution in [3.63, 3.8) is 0 Å². The molecule has 13 heavy (non-hydrogen) atoms. The Labute approximate surface area is 112 Å². The average molecular weight is 396 g/mol. The maximum Gasteiger partial charge on any atom is 0.260 e. The summed E-state index contributed by atoms with van der Waals surface area (Å²) in [7, 11) is 0. The number of hydrogen-bond acceptors (Lipinski definition) is 3. The standard InChI is InChI=1S/C3Cl5IN4/c4-2(5,6)3(7,8)13-1(9)10-11-12-13. The molecule has 1 aromatic heterocycles. The first-order valence-electron chi connectivity index (χ1n) is 2.65. The Morgan fingerprint density at radius 1 is 1.15 bits per heavy atom. The lowest BCUT2D eigenvalue weighted by Gasteiger charge is -2.26. The van der Waals surface area contributed by atoms with E-state index in [1.807, 2.05) is 0 Å². The van der Waals surface area contributed by atoms with Gasteiger partial charge in [-0.2, -0.15) is 4.68 Å². The number of aromatic nitrogens is 4. The van der Waals surface area contributed by atoms with Gasteiger partial charge in [0.1, 0.15) is 0 Å². The van der Waals surface area contributed by atoms with Gasteiger partial charge in [0.25, 0.3) is 4.46 Å². The van der Waals surface area contributed by atoms with Crippen LogP contribution in [0.3, 0.4) is 0 Å². The van der Waals surface area contributed by atoms with Crippen molar-refractivity contribution in [2.45, 2.75) is 8.25 Å². The van der Waals surface area contributed by atoms with Crippen LogP contribution >= 0.6 is 80.6 Å². The second kappa shape index (κ2) is 4.02. The molecule has 0 saturated carbocycles. The number of halogens is 6. The molecule has 0 unspecified atom stereocenters. The topological polar surface area (TPSA) is 43.6 Å². The maximum absolute atomic E-state index is 5.77. The molecule has 4 nitrogen and oxygen atoms in total. The first-order chi connectivity index (χ1) is 5.77. The molecule has 0 aliphatic rings. The lowest BCUT2D eigenvalue weighted by molar-refractivity contribution is 0.510. The molecule has 0 aliphatic heterocycles. The van der Waals surface area contributed by atoms with E-state index < -0.39 is 8.25 Å². The van der Waals surface area contributed by atoms with Crippen LogP contribution in [0, 0.1) is 3.83 Å². The molecule has 1 heterocycles. The molecule has 0 N–H and O–H groups in total. The van der Waals surface area contributed by atoms with Gasteiger partial charge in [0.2, 0.25) is 7.62 Å². The Hall–Kier alpha value is 1.25. The van der Waals surface area contributed by atoms with Gasteiger partial charge >= 0.3 is 0 Å². The van der Waals surface area contributed by atoms with E-state index in [0.717, 1.165) is 4.68 Å². The van der Waals surface area contributed by atoms with Crippen molar-refractivity contribution in [3.8, 4) is 0 Å². The number of hydrogen-bond donors (Lipinski definition) is 0. The molecule has 0 bridgehead atoms. The third kappa shape index (κ3) is 2.43. The molecule has 74 valence electrons. The second-order valence-corrected chi connectivity index (χ2v) is 6.43. The van der Waals surface area contributed by atoms with Crippen molar-refractivity contribution in [2.75, 3.05) is 0 Å². The van der Waals surface area contributed by atoms with Crippen molar-refractivity contribution in [3.05, 3.63) is 3.83 Å². The Kier molecular flexibility index (Phi) is 3.81. The smallest absolute Gasteiger partial charge is 0.180 e. The molecule has 0 fully saturated rings. The molecule has 0 aromatic carbocycles. The van der Waals surface area contributed by atoms with Crippen LogP contribution in [0.25, 0.3) is 0 Å². The predicted molar refractivity (Wildman–Crippen MR) is 60.5 cm³/mol. The zero-order valence-corrected chi connectivity index (χ0v) is 11.5. The fraction of sp³-hybridized carbons (Fsp3) is 0.667. The van der Waals surface area contributed by atoms with Crippen LogP contribution in [-0.2, 0) is 4.46 Å². The summed E-state index contributed by atoms with van der Waals surface area (Å²) in [6.45, 7) is 0. The molecule has 1 aromatic rings. The minimum absolute atomic E-state index is 0.314. The SMILES string of the molecule is ClC(Cl)(Cl)C(Cl)(Cl)n1nnnc1I. The van der Waals surface area contributed by atoms with E-state index in [1.54, 1.807) is 22.6 Å².